The van der Waals surface area contributed by atoms with E-state index in [9.17, 15) is 18.8 Å². The zero-order valence-corrected chi connectivity index (χ0v) is 17.4. The van der Waals surface area contributed by atoms with E-state index in [4.69, 9.17) is 9.84 Å². The Morgan fingerprint density at radius 2 is 1.88 bits per heavy atom. The Kier molecular flexibility index (Phi) is 5.89. The molecule has 1 saturated heterocycles. The van der Waals surface area contributed by atoms with Crippen LogP contribution in [-0.2, 0) is 11.2 Å². The Labute approximate surface area is 183 Å². The molecule has 2 aromatic heterocycles. The first kappa shape index (κ1) is 21.5. The minimum atomic E-state index is -1.59. The number of hydrogen-bond donors (Lipinski definition) is 2. The molecule has 0 radical (unpaired) electrons. The number of fused-ring (bicyclic) bond motifs is 1. The van der Waals surface area contributed by atoms with Gasteiger partial charge in [0.2, 0.25) is 5.88 Å². The lowest BCUT2D eigenvalue weighted by Crippen LogP contribution is -2.39. The lowest BCUT2D eigenvalue weighted by Gasteiger charge is -2.32. The van der Waals surface area contributed by atoms with Crippen LogP contribution in [0.15, 0.2) is 36.5 Å². The monoisotopic (exact) mass is 439 g/mol. The molecule has 1 aromatic carbocycles. The number of Topliss-reactive ketones (excluding diaryl/α,β-unsaturated/α-hetero) is 1. The number of aromatic nitrogens is 2. The molecule has 4 rings (SSSR count). The van der Waals surface area contributed by atoms with Crippen LogP contribution < -0.4 is 4.74 Å². The van der Waals surface area contributed by atoms with E-state index in [2.05, 4.69) is 9.97 Å². The number of aliphatic carboxylic acids is 1. The van der Waals surface area contributed by atoms with E-state index in [1.807, 2.05) is 0 Å². The number of carboxylic acids is 1. The number of carbonyl (C=O) groups is 3. The number of benzene rings is 1. The molecule has 2 N–H and O–H groups in total. The Morgan fingerprint density at radius 1 is 1.19 bits per heavy atom. The molecule has 0 bridgehead atoms. The fourth-order valence-electron chi connectivity index (χ4n) is 4.11. The molecular formula is C23H22FN3O5. The maximum absolute atomic E-state index is 13.2. The lowest BCUT2D eigenvalue weighted by atomic mass is 9.90. The highest BCUT2D eigenvalue weighted by atomic mass is 19.1. The summed E-state index contributed by atoms with van der Waals surface area (Å²) < 4.78 is 18.4. The average molecular weight is 439 g/mol. The second kappa shape index (κ2) is 8.78. The van der Waals surface area contributed by atoms with Gasteiger partial charge in [0.05, 0.1) is 12.7 Å². The second-order valence-electron chi connectivity index (χ2n) is 7.84. The van der Waals surface area contributed by atoms with Crippen molar-refractivity contribution in [1.82, 2.24) is 14.9 Å². The predicted octanol–water partition coefficient (Wildman–Crippen LogP) is 3.07. The van der Waals surface area contributed by atoms with Gasteiger partial charge in [0, 0.05) is 24.7 Å². The lowest BCUT2D eigenvalue weighted by molar-refractivity contribution is -0.131. The second-order valence-corrected chi connectivity index (χ2v) is 7.84. The number of carbonyl (C=O) groups excluding carboxylic acids is 2. The summed E-state index contributed by atoms with van der Waals surface area (Å²) in [5.74, 6) is -2.72. The van der Waals surface area contributed by atoms with Crippen LogP contribution in [0.4, 0.5) is 4.39 Å². The topological polar surface area (TPSA) is 113 Å². The summed E-state index contributed by atoms with van der Waals surface area (Å²) in [5, 5.41) is 9.30. The normalized spacial score (nSPS) is 14.5. The number of nitrogens with zero attached hydrogens (tertiary/aromatic N) is 2. The standard InChI is InChI=1S/C23H22FN3O5/c1-32-21-17(11-16-18(19(28)23(30)31)12-25-20(16)26-21)22(29)27-8-6-14(7-9-27)10-13-2-4-15(24)5-3-13/h2-5,11-12,14H,6-10H2,1H3,(H,25,26)(H,30,31). The van der Waals surface area contributed by atoms with E-state index in [-0.39, 0.29) is 39.8 Å². The molecule has 1 amide bonds. The Balaban J connectivity index is 1.52. The first-order valence-corrected chi connectivity index (χ1v) is 10.2. The van der Waals surface area contributed by atoms with Gasteiger partial charge in [-0.15, -0.1) is 0 Å². The number of hydrogen-bond acceptors (Lipinski definition) is 5. The van der Waals surface area contributed by atoms with Crippen LogP contribution in [0.5, 0.6) is 5.88 Å². The number of nitrogens with one attached hydrogen (secondary N) is 1. The summed E-state index contributed by atoms with van der Waals surface area (Å²) in [6.07, 6.45) is 3.69. The van der Waals surface area contributed by atoms with Crippen LogP contribution in [0.25, 0.3) is 11.0 Å². The van der Waals surface area contributed by atoms with E-state index in [1.54, 1.807) is 17.0 Å². The van der Waals surface area contributed by atoms with Crippen LogP contribution in [0.1, 0.15) is 39.1 Å². The van der Waals surface area contributed by atoms with Crippen molar-refractivity contribution < 1.29 is 28.6 Å². The molecule has 32 heavy (non-hydrogen) atoms. The number of pyridine rings is 1. The zero-order valence-electron chi connectivity index (χ0n) is 17.4. The quantitative estimate of drug-likeness (QED) is 0.451. The smallest absolute Gasteiger partial charge is 0.377 e. The molecule has 1 aliphatic heterocycles. The van der Waals surface area contributed by atoms with Gasteiger partial charge >= 0.3 is 5.97 Å². The highest BCUT2D eigenvalue weighted by molar-refractivity contribution is 6.42. The SMILES string of the molecule is COc1nc2[nH]cc(C(=O)C(=O)O)c2cc1C(=O)N1CCC(Cc2ccc(F)cc2)CC1. The number of carboxylic acid groups (broad SMARTS) is 1. The van der Waals surface area contributed by atoms with Crippen LogP contribution in [0.2, 0.25) is 0 Å². The van der Waals surface area contributed by atoms with E-state index >= 15 is 0 Å². The van der Waals surface area contributed by atoms with Crippen molar-refractivity contribution in [3.05, 3.63) is 59.0 Å². The molecule has 166 valence electrons. The number of rotatable bonds is 6. The number of H-pyrrole nitrogens is 1. The summed E-state index contributed by atoms with van der Waals surface area (Å²) in [4.78, 5) is 45.0. The molecule has 3 aromatic rings. The summed E-state index contributed by atoms with van der Waals surface area (Å²) >= 11 is 0. The van der Waals surface area contributed by atoms with Gasteiger partial charge in [-0.05, 0) is 48.9 Å². The Hall–Kier alpha value is -3.75. The van der Waals surface area contributed by atoms with Crippen LogP contribution >= 0.6 is 0 Å². The minimum Gasteiger partial charge on any atom is -0.480 e. The van der Waals surface area contributed by atoms with Gasteiger partial charge in [-0.1, -0.05) is 12.1 Å². The summed E-state index contributed by atoms with van der Waals surface area (Å²) in [7, 11) is 1.39. The molecule has 1 aliphatic rings. The third kappa shape index (κ3) is 4.18. The van der Waals surface area contributed by atoms with Gasteiger partial charge in [-0.2, -0.15) is 4.98 Å². The third-order valence-corrected chi connectivity index (χ3v) is 5.83. The molecule has 3 heterocycles. The maximum atomic E-state index is 13.2. The molecule has 8 nitrogen and oxygen atoms in total. The van der Waals surface area contributed by atoms with Gasteiger partial charge < -0.3 is 19.7 Å². The van der Waals surface area contributed by atoms with E-state index in [0.717, 1.165) is 24.8 Å². The van der Waals surface area contributed by atoms with Crippen molar-refractivity contribution in [2.75, 3.05) is 20.2 Å². The van der Waals surface area contributed by atoms with Gasteiger partial charge in [-0.3, -0.25) is 9.59 Å². The van der Waals surface area contributed by atoms with Crippen molar-refractivity contribution in [1.29, 1.82) is 0 Å². The number of amides is 1. The average Bonchev–Trinajstić information content (AvgIpc) is 3.22. The molecule has 1 fully saturated rings. The fourth-order valence-corrected chi connectivity index (χ4v) is 4.11. The molecule has 0 atom stereocenters. The Morgan fingerprint density at radius 3 is 2.50 bits per heavy atom. The molecule has 0 aliphatic carbocycles. The van der Waals surface area contributed by atoms with E-state index in [0.29, 0.717) is 19.0 Å². The maximum Gasteiger partial charge on any atom is 0.377 e. The molecule has 0 saturated carbocycles. The number of ketones is 1. The van der Waals surface area contributed by atoms with Crippen molar-refractivity contribution >= 4 is 28.7 Å². The number of halogens is 1. The van der Waals surface area contributed by atoms with E-state index in [1.165, 1.54) is 31.5 Å². The van der Waals surface area contributed by atoms with Crippen molar-refractivity contribution in [2.24, 2.45) is 5.92 Å². The number of methoxy groups -OCH3 is 1. The zero-order chi connectivity index (χ0) is 22.8. The number of likely N-dealkylation sites (tertiary alicyclic amines) is 1. The summed E-state index contributed by atoms with van der Waals surface area (Å²) in [6.45, 7) is 1.08. The highest BCUT2D eigenvalue weighted by Gasteiger charge is 2.28. The molecular weight excluding hydrogens is 417 g/mol. The minimum absolute atomic E-state index is 0.0605. The number of aromatic amines is 1. The molecule has 0 unspecified atom stereocenters. The van der Waals surface area contributed by atoms with E-state index < -0.39 is 11.8 Å². The molecule has 0 spiro atoms. The fraction of sp³-hybridized carbons (Fsp3) is 0.304. The number of ether oxygens (including phenoxy) is 1. The summed E-state index contributed by atoms with van der Waals surface area (Å²) in [6, 6.07) is 7.93. The largest absolute Gasteiger partial charge is 0.480 e. The Bertz CT molecular complexity index is 1180. The summed E-state index contributed by atoms with van der Waals surface area (Å²) in [5.41, 5.74) is 1.45. The van der Waals surface area contributed by atoms with Gasteiger partial charge in [0.1, 0.15) is 17.0 Å². The molecule has 9 heteroatoms. The first-order valence-electron chi connectivity index (χ1n) is 10.2. The van der Waals surface area contributed by atoms with Gasteiger partial charge in [0.25, 0.3) is 11.7 Å². The highest BCUT2D eigenvalue weighted by Crippen LogP contribution is 2.28. The van der Waals surface area contributed by atoms with Crippen LogP contribution in [0.3, 0.4) is 0 Å². The van der Waals surface area contributed by atoms with Crippen LogP contribution in [-0.4, -0.2) is 57.8 Å². The predicted molar refractivity (Wildman–Crippen MR) is 113 cm³/mol. The number of piperidine rings is 1. The van der Waals surface area contributed by atoms with Crippen molar-refractivity contribution in [3.8, 4) is 5.88 Å². The first-order chi connectivity index (χ1) is 15.4. The van der Waals surface area contributed by atoms with Gasteiger partial charge in [0.15, 0.2) is 0 Å². The third-order valence-electron chi connectivity index (χ3n) is 5.83. The van der Waals surface area contributed by atoms with Crippen molar-refractivity contribution in [3.63, 3.8) is 0 Å². The van der Waals surface area contributed by atoms with Crippen molar-refractivity contribution in [2.45, 2.75) is 19.3 Å². The van der Waals surface area contributed by atoms with Gasteiger partial charge in [-0.25, -0.2) is 9.18 Å². The van der Waals surface area contributed by atoms with Crippen LogP contribution in [0, 0.1) is 11.7 Å².